The Labute approximate surface area is 112 Å². The van der Waals surface area contributed by atoms with Gasteiger partial charge < -0.3 is 10.0 Å². The van der Waals surface area contributed by atoms with E-state index in [-0.39, 0.29) is 18.4 Å². The van der Waals surface area contributed by atoms with Crippen LogP contribution in [0.4, 0.5) is 0 Å². The summed E-state index contributed by atoms with van der Waals surface area (Å²) in [7, 11) is 0. The molecule has 19 heavy (non-hydrogen) atoms. The molecular formula is C15H17NO3. The van der Waals surface area contributed by atoms with Crippen LogP contribution in [0.2, 0.25) is 0 Å². The van der Waals surface area contributed by atoms with Gasteiger partial charge in [-0.2, -0.15) is 0 Å². The van der Waals surface area contributed by atoms with E-state index in [2.05, 4.69) is 12.1 Å². The number of nitrogens with zero attached hydrogens (tertiary/aromatic N) is 1. The van der Waals surface area contributed by atoms with E-state index in [1.54, 1.807) is 4.90 Å². The number of hydrogen-bond acceptors (Lipinski definition) is 2. The summed E-state index contributed by atoms with van der Waals surface area (Å²) in [6.07, 6.45) is 3.20. The van der Waals surface area contributed by atoms with Crippen molar-refractivity contribution in [3.8, 4) is 0 Å². The van der Waals surface area contributed by atoms with Gasteiger partial charge in [0.15, 0.2) is 0 Å². The molecule has 4 heteroatoms. The summed E-state index contributed by atoms with van der Waals surface area (Å²) in [4.78, 5) is 24.9. The molecule has 3 rings (SSSR count). The molecule has 1 amide bonds. The minimum Gasteiger partial charge on any atom is -0.481 e. The molecule has 1 fully saturated rings. The van der Waals surface area contributed by atoms with Gasteiger partial charge in [0.05, 0.1) is 12.0 Å². The maximum absolute atomic E-state index is 12.1. The number of amides is 1. The lowest BCUT2D eigenvalue weighted by atomic mass is 9.87. The summed E-state index contributed by atoms with van der Waals surface area (Å²) in [5.41, 5.74) is 2.50. The fourth-order valence-corrected chi connectivity index (χ4v) is 3.25. The molecule has 100 valence electrons. The highest BCUT2D eigenvalue weighted by atomic mass is 16.4. The molecule has 2 atom stereocenters. The van der Waals surface area contributed by atoms with Crippen LogP contribution in [0.15, 0.2) is 24.3 Å². The van der Waals surface area contributed by atoms with Gasteiger partial charge in [-0.05, 0) is 30.4 Å². The molecule has 1 heterocycles. The van der Waals surface area contributed by atoms with E-state index in [9.17, 15) is 9.59 Å². The second-order valence-corrected chi connectivity index (χ2v) is 5.39. The summed E-state index contributed by atoms with van der Waals surface area (Å²) in [5.74, 6) is -1.42. The highest BCUT2D eigenvalue weighted by molar-refractivity contribution is 5.86. The van der Waals surface area contributed by atoms with E-state index >= 15 is 0 Å². The first-order valence-corrected chi connectivity index (χ1v) is 6.77. The van der Waals surface area contributed by atoms with Gasteiger partial charge in [-0.3, -0.25) is 9.59 Å². The Morgan fingerprint density at radius 3 is 2.84 bits per heavy atom. The van der Waals surface area contributed by atoms with Crippen LogP contribution in [0.1, 0.15) is 36.4 Å². The van der Waals surface area contributed by atoms with Crippen LogP contribution in [0.3, 0.4) is 0 Å². The Morgan fingerprint density at radius 1 is 1.32 bits per heavy atom. The molecule has 1 N–H and O–H groups in total. The van der Waals surface area contributed by atoms with E-state index in [1.807, 2.05) is 12.1 Å². The molecule has 1 aliphatic carbocycles. The molecule has 2 aliphatic rings. The topological polar surface area (TPSA) is 57.6 Å². The number of carboxylic acids is 1. The lowest BCUT2D eigenvalue weighted by Crippen LogP contribution is -2.33. The van der Waals surface area contributed by atoms with Gasteiger partial charge in [0.1, 0.15) is 0 Å². The minimum atomic E-state index is -0.861. The van der Waals surface area contributed by atoms with E-state index in [1.165, 1.54) is 11.1 Å². The van der Waals surface area contributed by atoms with Gasteiger partial charge in [-0.15, -0.1) is 0 Å². The summed E-state index contributed by atoms with van der Waals surface area (Å²) < 4.78 is 0. The van der Waals surface area contributed by atoms with Crippen LogP contribution in [-0.4, -0.2) is 28.4 Å². The van der Waals surface area contributed by atoms with Crippen molar-refractivity contribution >= 4 is 11.9 Å². The van der Waals surface area contributed by atoms with Gasteiger partial charge in [0.2, 0.25) is 5.91 Å². The van der Waals surface area contributed by atoms with Gasteiger partial charge in [0.25, 0.3) is 0 Å². The molecule has 2 unspecified atom stereocenters. The van der Waals surface area contributed by atoms with E-state index in [4.69, 9.17) is 5.11 Å². The zero-order valence-electron chi connectivity index (χ0n) is 10.7. The molecule has 0 aromatic heterocycles. The predicted octanol–water partition coefficient (Wildman–Crippen LogP) is 2.00. The second kappa shape index (κ2) is 4.68. The van der Waals surface area contributed by atoms with Crippen molar-refractivity contribution in [2.75, 3.05) is 6.54 Å². The highest BCUT2D eigenvalue weighted by Gasteiger charge is 2.39. The smallest absolute Gasteiger partial charge is 0.308 e. The molecule has 0 saturated carbocycles. The molecule has 0 radical (unpaired) electrons. The number of benzene rings is 1. The SMILES string of the molecule is O=C(O)C1CC(=O)N(C2CCCc3ccccc32)C1. The number of hydrogen-bond donors (Lipinski definition) is 1. The maximum Gasteiger partial charge on any atom is 0.308 e. The first-order valence-electron chi connectivity index (χ1n) is 6.77. The predicted molar refractivity (Wildman–Crippen MR) is 69.6 cm³/mol. The molecular weight excluding hydrogens is 242 g/mol. The van der Waals surface area contributed by atoms with Crippen molar-refractivity contribution in [2.24, 2.45) is 5.92 Å². The average Bonchev–Trinajstić information content (AvgIpc) is 2.80. The second-order valence-electron chi connectivity index (χ2n) is 5.39. The number of rotatable bonds is 2. The van der Waals surface area contributed by atoms with Gasteiger partial charge in [-0.1, -0.05) is 24.3 Å². The molecule has 1 aromatic rings. The van der Waals surface area contributed by atoms with Crippen LogP contribution >= 0.6 is 0 Å². The Morgan fingerprint density at radius 2 is 2.11 bits per heavy atom. The minimum absolute atomic E-state index is 0.0193. The lowest BCUT2D eigenvalue weighted by molar-refractivity contribution is -0.141. The molecule has 4 nitrogen and oxygen atoms in total. The fraction of sp³-hybridized carbons (Fsp3) is 0.467. The number of aryl methyl sites for hydroxylation is 1. The van der Waals surface area contributed by atoms with Crippen molar-refractivity contribution in [1.82, 2.24) is 4.90 Å². The van der Waals surface area contributed by atoms with E-state index in [0.717, 1.165) is 19.3 Å². The number of fused-ring (bicyclic) bond motifs is 1. The number of carbonyl (C=O) groups is 2. The quantitative estimate of drug-likeness (QED) is 0.883. The van der Waals surface area contributed by atoms with Crippen molar-refractivity contribution in [3.63, 3.8) is 0 Å². The van der Waals surface area contributed by atoms with Crippen LogP contribution in [-0.2, 0) is 16.0 Å². The normalized spacial score (nSPS) is 26.3. The fourth-order valence-electron chi connectivity index (χ4n) is 3.25. The third kappa shape index (κ3) is 2.11. The average molecular weight is 259 g/mol. The van der Waals surface area contributed by atoms with E-state index in [0.29, 0.717) is 6.54 Å². The number of likely N-dealkylation sites (tertiary alicyclic amines) is 1. The van der Waals surface area contributed by atoms with Gasteiger partial charge >= 0.3 is 5.97 Å². The lowest BCUT2D eigenvalue weighted by Gasteiger charge is -2.33. The zero-order valence-corrected chi connectivity index (χ0v) is 10.7. The standard InChI is InChI=1S/C15H17NO3/c17-14-8-11(15(18)19)9-16(14)13-7-3-5-10-4-1-2-6-12(10)13/h1-2,4,6,11,13H,3,5,7-9H2,(H,18,19). The van der Waals surface area contributed by atoms with Crippen LogP contribution in [0.5, 0.6) is 0 Å². The van der Waals surface area contributed by atoms with Crippen molar-refractivity contribution in [2.45, 2.75) is 31.7 Å². The number of carboxylic acid groups (broad SMARTS) is 1. The van der Waals surface area contributed by atoms with Crippen LogP contribution in [0, 0.1) is 5.92 Å². The first kappa shape index (κ1) is 12.2. The van der Waals surface area contributed by atoms with Crippen molar-refractivity contribution in [1.29, 1.82) is 0 Å². The molecule has 0 spiro atoms. The summed E-state index contributed by atoms with van der Waals surface area (Å²) in [6.45, 7) is 0.354. The van der Waals surface area contributed by atoms with E-state index < -0.39 is 11.9 Å². The molecule has 1 aliphatic heterocycles. The van der Waals surface area contributed by atoms with Crippen LogP contribution < -0.4 is 0 Å². The van der Waals surface area contributed by atoms with Gasteiger partial charge in [0, 0.05) is 13.0 Å². The Bertz CT molecular complexity index is 526. The number of carbonyl (C=O) groups excluding carboxylic acids is 1. The molecule has 1 aromatic carbocycles. The first-order chi connectivity index (χ1) is 9.16. The highest BCUT2D eigenvalue weighted by Crippen LogP contribution is 2.37. The third-order valence-corrected chi connectivity index (χ3v) is 4.22. The summed E-state index contributed by atoms with van der Waals surface area (Å²) in [5, 5.41) is 9.06. The summed E-state index contributed by atoms with van der Waals surface area (Å²) in [6, 6.07) is 8.26. The Hall–Kier alpha value is -1.84. The molecule has 1 saturated heterocycles. The number of aliphatic carboxylic acids is 1. The Balaban J connectivity index is 1.88. The monoisotopic (exact) mass is 259 g/mol. The van der Waals surface area contributed by atoms with Crippen molar-refractivity contribution < 1.29 is 14.7 Å². The van der Waals surface area contributed by atoms with Crippen molar-refractivity contribution in [3.05, 3.63) is 35.4 Å². The van der Waals surface area contributed by atoms with Gasteiger partial charge in [-0.25, -0.2) is 0 Å². The molecule has 0 bridgehead atoms. The third-order valence-electron chi connectivity index (χ3n) is 4.22. The Kier molecular flexibility index (Phi) is 3.01. The van der Waals surface area contributed by atoms with Crippen LogP contribution in [0.25, 0.3) is 0 Å². The maximum atomic E-state index is 12.1. The zero-order chi connectivity index (χ0) is 13.4. The largest absolute Gasteiger partial charge is 0.481 e. The summed E-state index contributed by atoms with van der Waals surface area (Å²) >= 11 is 0.